The first-order chi connectivity index (χ1) is 8.39. The van der Waals surface area contributed by atoms with Crippen molar-refractivity contribution in [2.24, 2.45) is 0 Å². The molecule has 0 bridgehead atoms. The van der Waals surface area contributed by atoms with Gasteiger partial charge in [-0.2, -0.15) is 5.26 Å². The first-order valence-corrected chi connectivity index (χ1v) is 6.69. The monoisotopic (exact) mass is 284 g/mol. The Morgan fingerprint density at radius 1 is 1.67 bits per heavy atom. The number of carbonyl (C=O) groups excluding carboxylic acids is 1. The minimum absolute atomic E-state index is 0.214. The average molecular weight is 285 g/mol. The van der Waals surface area contributed by atoms with Gasteiger partial charge in [0.25, 0.3) is 5.24 Å². The molecule has 0 aliphatic carbocycles. The summed E-state index contributed by atoms with van der Waals surface area (Å²) in [4.78, 5) is 15.8. The second-order valence-electron chi connectivity index (χ2n) is 3.95. The molecule has 6 heteroatoms. The van der Waals surface area contributed by atoms with Crippen LogP contribution >= 0.6 is 23.4 Å². The molecule has 0 spiro atoms. The van der Waals surface area contributed by atoms with Crippen molar-refractivity contribution >= 4 is 28.6 Å². The van der Waals surface area contributed by atoms with Crippen LogP contribution in [0.3, 0.4) is 0 Å². The normalized spacial score (nSPS) is 10.8. The summed E-state index contributed by atoms with van der Waals surface area (Å²) < 4.78 is 5.48. The second-order valence-corrected chi connectivity index (χ2v) is 5.60. The van der Waals surface area contributed by atoms with Crippen LogP contribution in [-0.2, 0) is 0 Å². The number of nitrogens with zero attached hydrogens (tertiary/aromatic N) is 2. The molecule has 0 atom stereocenters. The molecule has 0 aliphatic rings. The summed E-state index contributed by atoms with van der Waals surface area (Å²) in [7, 11) is 0. The zero-order valence-electron chi connectivity index (χ0n) is 10.4. The second kappa shape index (κ2) is 6.07. The molecule has 1 aromatic heterocycles. The van der Waals surface area contributed by atoms with E-state index < -0.39 is 10.8 Å². The molecular formula is C12H13ClN2O2S. The minimum Gasteiger partial charge on any atom is -0.471 e. The first kappa shape index (κ1) is 14.8. The van der Waals surface area contributed by atoms with E-state index in [0.29, 0.717) is 10.6 Å². The van der Waals surface area contributed by atoms with Crippen molar-refractivity contribution in [2.45, 2.75) is 31.3 Å². The van der Waals surface area contributed by atoms with E-state index in [9.17, 15) is 4.79 Å². The number of hydrogen-bond acceptors (Lipinski definition) is 5. The van der Waals surface area contributed by atoms with Crippen LogP contribution in [0.4, 0.5) is 0 Å². The Hall–Kier alpha value is -1.25. The summed E-state index contributed by atoms with van der Waals surface area (Å²) in [6.45, 7) is 5.26. The fourth-order valence-electron chi connectivity index (χ4n) is 1.21. The quantitative estimate of drug-likeness (QED) is 0.613. The number of rotatable bonds is 5. The number of carbonyl (C=O) groups is 1. The summed E-state index contributed by atoms with van der Waals surface area (Å²) in [5.41, 5.74) is -0.729. The third-order valence-corrected chi connectivity index (χ3v) is 3.05. The standard InChI is InChI=1S/C12H13ClN2O2S/c1-4-18-9-5-8(17-12(2,3)7-14)6-15-10(9)11(13)16/h5-6H,4H2,1-3H3. The molecule has 0 saturated heterocycles. The number of nitriles is 1. The van der Waals surface area contributed by atoms with Gasteiger partial charge in [0.05, 0.1) is 6.20 Å². The summed E-state index contributed by atoms with van der Waals surface area (Å²) in [5.74, 6) is 1.23. The molecule has 0 amide bonds. The number of hydrogen-bond donors (Lipinski definition) is 0. The Kier molecular flexibility index (Phi) is 5.00. The highest BCUT2D eigenvalue weighted by Crippen LogP contribution is 2.28. The first-order valence-electron chi connectivity index (χ1n) is 5.32. The zero-order chi connectivity index (χ0) is 13.8. The van der Waals surface area contributed by atoms with Crippen LogP contribution in [0.25, 0.3) is 0 Å². The predicted molar refractivity (Wildman–Crippen MR) is 71.1 cm³/mol. The van der Waals surface area contributed by atoms with Crippen molar-refractivity contribution in [1.82, 2.24) is 4.98 Å². The highest BCUT2D eigenvalue weighted by atomic mass is 35.5. The van der Waals surface area contributed by atoms with Crippen LogP contribution in [0.15, 0.2) is 17.2 Å². The lowest BCUT2D eigenvalue weighted by molar-refractivity contribution is 0.107. The summed E-state index contributed by atoms with van der Waals surface area (Å²) in [6, 6.07) is 3.71. The Labute approximate surface area is 115 Å². The van der Waals surface area contributed by atoms with Crippen LogP contribution in [0.1, 0.15) is 31.3 Å². The van der Waals surface area contributed by atoms with Gasteiger partial charge in [-0.05, 0) is 37.3 Å². The predicted octanol–water partition coefficient (Wildman–Crippen LogP) is 3.25. The molecule has 0 radical (unpaired) electrons. The average Bonchev–Trinajstić information content (AvgIpc) is 2.29. The van der Waals surface area contributed by atoms with E-state index >= 15 is 0 Å². The lowest BCUT2D eigenvalue weighted by Crippen LogP contribution is -2.25. The molecule has 0 saturated carbocycles. The highest BCUT2D eigenvalue weighted by Gasteiger charge is 2.20. The molecule has 0 fully saturated rings. The molecule has 1 aromatic rings. The van der Waals surface area contributed by atoms with Gasteiger partial charge in [0.2, 0.25) is 0 Å². The number of thioether (sulfide) groups is 1. The largest absolute Gasteiger partial charge is 0.471 e. The molecule has 1 rings (SSSR count). The minimum atomic E-state index is -0.942. The topological polar surface area (TPSA) is 63.0 Å². The summed E-state index contributed by atoms with van der Waals surface area (Å²) >= 11 is 6.90. The Bertz CT molecular complexity index is 497. The molecule has 0 unspecified atom stereocenters. The Morgan fingerprint density at radius 3 is 2.83 bits per heavy atom. The van der Waals surface area contributed by atoms with Crippen LogP contribution in [-0.4, -0.2) is 21.6 Å². The molecule has 0 N–H and O–H groups in total. The van der Waals surface area contributed by atoms with Gasteiger partial charge < -0.3 is 4.74 Å². The van der Waals surface area contributed by atoms with Crippen molar-refractivity contribution in [2.75, 3.05) is 5.75 Å². The maximum atomic E-state index is 11.2. The van der Waals surface area contributed by atoms with Gasteiger partial charge in [0, 0.05) is 4.90 Å². The van der Waals surface area contributed by atoms with Gasteiger partial charge in [-0.15, -0.1) is 11.8 Å². The SMILES string of the molecule is CCSc1cc(OC(C)(C)C#N)cnc1C(=O)Cl. The van der Waals surface area contributed by atoms with E-state index in [2.05, 4.69) is 4.98 Å². The molecule has 0 aliphatic heterocycles. The van der Waals surface area contributed by atoms with E-state index in [1.807, 2.05) is 13.0 Å². The van der Waals surface area contributed by atoms with E-state index in [0.717, 1.165) is 5.75 Å². The van der Waals surface area contributed by atoms with Gasteiger partial charge in [-0.3, -0.25) is 4.79 Å². The van der Waals surface area contributed by atoms with Crippen molar-refractivity contribution in [1.29, 1.82) is 5.26 Å². The molecular weight excluding hydrogens is 272 g/mol. The fraction of sp³-hybridized carbons (Fsp3) is 0.417. The smallest absolute Gasteiger partial charge is 0.271 e. The molecule has 96 valence electrons. The van der Waals surface area contributed by atoms with E-state index in [-0.39, 0.29) is 5.69 Å². The lowest BCUT2D eigenvalue weighted by Gasteiger charge is -2.18. The van der Waals surface area contributed by atoms with Crippen molar-refractivity contribution in [3.63, 3.8) is 0 Å². The number of ether oxygens (including phenoxy) is 1. The van der Waals surface area contributed by atoms with Crippen LogP contribution < -0.4 is 4.74 Å². The van der Waals surface area contributed by atoms with Gasteiger partial charge >= 0.3 is 0 Å². The van der Waals surface area contributed by atoms with E-state index in [1.165, 1.54) is 18.0 Å². The summed E-state index contributed by atoms with van der Waals surface area (Å²) in [5, 5.41) is 8.30. The molecule has 0 aromatic carbocycles. The van der Waals surface area contributed by atoms with Crippen molar-refractivity contribution in [3.8, 4) is 11.8 Å². The maximum Gasteiger partial charge on any atom is 0.271 e. The molecule has 4 nitrogen and oxygen atoms in total. The third kappa shape index (κ3) is 3.90. The molecule has 18 heavy (non-hydrogen) atoms. The Morgan fingerprint density at radius 2 is 2.33 bits per heavy atom. The van der Waals surface area contributed by atoms with Gasteiger partial charge in [-0.1, -0.05) is 6.92 Å². The fourth-order valence-corrected chi connectivity index (χ4v) is 2.21. The number of halogens is 1. The van der Waals surface area contributed by atoms with Gasteiger partial charge in [0.15, 0.2) is 5.60 Å². The van der Waals surface area contributed by atoms with E-state index in [4.69, 9.17) is 21.6 Å². The van der Waals surface area contributed by atoms with Crippen LogP contribution in [0, 0.1) is 11.3 Å². The lowest BCUT2D eigenvalue weighted by atomic mass is 10.2. The highest BCUT2D eigenvalue weighted by molar-refractivity contribution is 7.99. The van der Waals surface area contributed by atoms with Crippen molar-refractivity contribution < 1.29 is 9.53 Å². The number of pyridine rings is 1. The third-order valence-electron chi connectivity index (χ3n) is 1.96. The summed E-state index contributed by atoms with van der Waals surface area (Å²) in [6.07, 6.45) is 1.40. The van der Waals surface area contributed by atoms with Gasteiger partial charge in [0.1, 0.15) is 17.5 Å². The van der Waals surface area contributed by atoms with Crippen LogP contribution in [0.5, 0.6) is 5.75 Å². The zero-order valence-corrected chi connectivity index (χ0v) is 11.9. The number of aromatic nitrogens is 1. The Balaban J connectivity index is 3.08. The van der Waals surface area contributed by atoms with Crippen LogP contribution in [0.2, 0.25) is 0 Å². The van der Waals surface area contributed by atoms with Gasteiger partial charge in [-0.25, -0.2) is 4.98 Å². The van der Waals surface area contributed by atoms with Crippen molar-refractivity contribution in [3.05, 3.63) is 18.0 Å². The maximum absolute atomic E-state index is 11.2. The van der Waals surface area contributed by atoms with E-state index in [1.54, 1.807) is 19.9 Å². The molecule has 1 heterocycles.